The lowest BCUT2D eigenvalue weighted by molar-refractivity contribution is -0.116. The van der Waals surface area contributed by atoms with Crippen LogP contribution in [0.25, 0.3) is 0 Å². The molecule has 0 fully saturated rings. The van der Waals surface area contributed by atoms with E-state index < -0.39 is 0 Å². The second kappa shape index (κ2) is 9.87. The number of aryl methyl sites for hydroxylation is 1. The summed E-state index contributed by atoms with van der Waals surface area (Å²) in [7, 11) is 1.64. The molecule has 0 saturated heterocycles. The van der Waals surface area contributed by atoms with Crippen LogP contribution in [0.5, 0.6) is 17.2 Å². The van der Waals surface area contributed by atoms with Crippen molar-refractivity contribution >= 4 is 34.8 Å². The molecular weight excluding hydrogens is 425 g/mol. The Morgan fingerprint density at radius 3 is 2.53 bits per heavy atom. The van der Waals surface area contributed by atoms with Gasteiger partial charge in [0.15, 0.2) is 5.75 Å². The van der Waals surface area contributed by atoms with Gasteiger partial charge in [-0.05, 0) is 48.2 Å². The van der Waals surface area contributed by atoms with Crippen molar-refractivity contribution in [2.24, 2.45) is 0 Å². The van der Waals surface area contributed by atoms with Gasteiger partial charge in [0.05, 0.1) is 23.4 Å². The molecule has 0 unspecified atom stereocenters. The number of hydrogen-bond acceptors (Lipinski definition) is 4. The molecule has 0 atom stereocenters. The summed E-state index contributed by atoms with van der Waals surface area (Å²) in [6.07, 6.45) is 4.35. The Morgan fingerprint density at radius 1 is 1.20 bits per heavy atom. The van der Waals surface area contributed by atoms with E-state index in [2.05, 4.69) is 29.4 Å². The van der Waals surface area contributed by atoms with E-state index in [1.807, 2.05) is 12.1 Å². The van der Waals surface area contributed by atoms with Crippen LogP contribution in [-0.4, -0.2) is 23.2 Å². The highest BCUT2D eigenvalue weighted by molar-refractivity contribution is 6.37. The van der Waals surface area contributed by atoms with Gasteiger partial charge in [-0.25, -0.2) is 0 Å². The number of H-pyrrole nitrogens is 1. The lowest BCUT2D eigenvalue weighted by Crippen LogP contribution is -2.12. The highest BCUT2D eigenvalue weighted by atomic mass is 35.5. The largest absolute Gasteiger partial charge is 0.496 e. The van der Waals surface area contributed by atoms with Crippen molar-refractivity contribution in [1.29, 1.82) is 0 Å². The summed E-state index contributed by atoms with van der Waals surface area (Å²) in [5, 5.41) is 9.99. The Morgan fingerprint density at radius 2 is 1.93 bits per heavy atom. The molecule has 2 aromatic carbocycles. The van der Waals surface area contributed by atoms with E-state index in [1.165, 1.54) is 0 Å². The van der Waals surface area contributed by atoms with Gasteiger partial charge in [0.1, 0.15) is 11.5 Å². The third-order valence-electron chi connectivity index (χ3n) is 4.52. The lowest BCUT2D eigenvalue weighted by atomic mass is 10.0. The number of carbonyl (C=O) groups is 1. The Labute approximate surface area is 185 Å². The number of benzene rings is 2. The van der Waals surface area contributed by atoms with Gasteiger partial charge in [-0.3, -0.25) is 9.89 Å². The van der Waals surface area contributed by atoms with Crippen LogP contribution in [0.4, 0.5) is 5.69 Å². The number of aromatic nitrogens is 2. The number of aromatic amines is 1. The quantitative estimate of drug-likeness (QED) is 0.430. The molecule has 6 nitrogen and oxygen atoms in total. The monoisotopic (exact) mass is 447 g/mol. The molecule has 1 amide bonds. The van der Waals surface area contributed by atoms with E-state index in [-0.39, 0.29) is 11.8 Å². The van der Waals surface area contributed by atoms with Gasteiger partial charge in [0, 0.05) is 23.9 Å². The van der Waals surface area contributed by atoms with E-state index in [0.717, 1.165) is 16.9 Å². The van der Waals surface area contributed by atoms with Crippen molar-refractivity contribution in [1.82, 2.24) is 10.2 Å². The molecule has 0 spiro atoms. The van der Waals surface area contributed by atoms with Gasteiger partial charge in [-0.1, -0.05) is 37.0 Å². The zero-order chi connectivity index (χ0) is 21.7. The summed E-state index contributed by atoms with van der Waals surface area (Å²) in [4.78, 5) is 12.2. The number of rotatable bonds is 8. The number of methoxy groups -OCH3 is 1. The van der Waals surface area contributed by atoms with Crippen molar-refractivity contribution in [3.8, 4) is 17.2 Å². The van der Waals surface area contributed by atoms with Crippen LogP contribution in [0.1, 0.15) is 37.3 Å². The molecule has 30 heavy (non-hydrogen) atoms. The van der Waals surface area contributed by atoms with Crippen LogP contribution in [0.2, 0.25) is 10.0 Å². The number of hydrogen-bond donors (Lipinski definition) is 2. The van der Waals surface area contributed by atoms with Gasteiger partial charge >= 0.3 is 0 Å². The fourth-order valence-electron chi connectivity index (χ4n) is 2.97. The predicted octanol–water partition coefficient (Wildman–Crippen LogP) is 6.21. The summed E-state index contributed by atoms with van der Waals surface area (Å²) in [6, 6.07) is 8.78. The SMILES string of the molecule is COc1ccc(Oc2c(Cl)cc(NC(=O)CCc3cn[nH]c3)cc2Cl)cc1C(C)C. The van der Waals surface area contributed by atoms with E-state index in [4.69, 9.17) is 32.7 Å². The first-order valence-corrected chi connectivity index (χ1v) is 10.2. The molecule has 1 aromatic heterocycles. The van der Waals surface area contributed by atoms with Crippen LogP contribution < -0.4 is 14.8 Å². The Hall–Kier alpha value is -2.70. The summed E-state index contributed by atoms with van der Waals surface area (Å²) >= 11 is 12.8. The number of halogens is 2. The predicted molar refractivity (Wildman–Crippen MR) is 119 cm³/mol. The van der Waals surface area contributed by atoms with Crippen molar-refractivity contribution in [2.45, 2.75) is 32.6 Å². The molecular formula is C22H23Cl2N3O3. The van der Waals surface area contributed by atoms with Gasteiger partial charge < -0.3 is 14.8 Å². The fraction of sp³-hybridized carbons (Fsp3) is 0.273. The summed E-state index contributed by atoms with van der Waals surface area (Å²) < 4.78 is 11.3. The van der Waals surface area contributed by atoms with Crippen LogP contribution in [0.3, 0.4) is 0 Å². The Balaban J connectivity index is 1.71. The first kappa shape index (κ1) is 22.0. The molecule has 158 valence electrons. The first-order chi connectivity index (χ1) is 14.4. The molecule has 2 N–H and O–H groups in total. The Bertz CT molecular complexity index is 997. The molecule has 0 radical (unpaired) electrons. The number of amides is 1. The summed E-state index contributed by atoms with van der Waals surface area (Å²) in [5.74, 6) is 1.83. The standard InChI is InChI=1S/C22H23Cl2N3O3/c1-13(2)17-10-16(5-6-20(17)29-3)30-22-18(23)8-15(9-19(22)24)27-21(28)7-4-14-11-25-26-12-14/h5-6,8-13H,4,7H2,1-3H3,(H,25,26)(H,27,28). The van der Waals surface area contributed by atoms with E-state index in [0.29, 0.717) is 40.1 Å². The minimum absolute atomic E-state index is 0.145. The van der Waals surface area contributed by atoms with Crippen molar-refractivity contribution in [3.05, 3.63) is 63.9 Å². The molecule has 1 heterocycles. The van der Waals surface area contributed by atoms with Gasteiger partial charge in [0.25, 0.3) is 0 Å². The molecule has 0 saturated carbocycles. The van der Waals surface area contributed by atoms with Gasteiger partial charge in [-0.2, -0.15) is 5.10 Å². The molecule has 8 heteroatoms. The summed E-state index contributed by atoms with van der Waals surface area (Å²) in [6.45, 7) is 4.15. The van der Waals surface area contributed by atoms with Gasteiger partial charge in [-0.15, -0.1) is 0 Å². The van der Waals surface area contributed by atoms with Crippen LogP contribution in [-0.2, 0) is 11.2 Å². The van der Waals surface area contributed by atoms with Crippen molar-refractivity contribution in [2.75, 3.05) is 12.4 Å². The molecule has 3 rings (SSSR count). The minimum Gasteiger partial charge on any atom is -0.496 e. The zero-order valence-corrected chi connectivity index (χ0v) is 18.5. The van der Waals surface area contributed by atoms with Crippen molar-refractivity contribution in [3.63, 3.8) is 0 Å². The van der Waals surface area contributed by atoms with Crippen LogP contribution >= 0.6 is 23.2 Å². The molecule has 3 aromatic rings. The van der Waals surface area contributed by atoms with Crippen LogP contribution in [0, 0.1) is 0 Å². The smallest absolute Gasteiger partial charge is 0.224 e. The van der Waals surface area contributed by atoms with Crippen molar-refractivity contribution < 1.29 is 14.3 Å². The number of nitrogens with zero attached hydrogens (tertiary/aromatic N) is 1. The highest BCUT2D eigenvalue weighted by Gasteiger charge is 2.15. The fourth-order valence-corrected chi connectivity index (χ4v) is 3.53. The van der Waals surface area contributed by atoms with Crippen LogP contribution in [0.15, 0.2) is 42.7 Å². The Kier molecular flexibility index (Phi) is 7.24. The number of carbonyl (C=O) groups excluding carboxylic acids is 1. The molecule has 0 aliphatic carbocycles. The normalized spacial score (nSPS) is 10.9. The third-order valence-corrected chi connectivity index (χ3v) is 5.08. The number of anilines is 1. The molecule has 0 bridgehead atoms. The van der Waals surface area contributed by atoms with E-state index >= 15 is 0 Å². The molecule has 0 aliphatic rings. The maximum Gasteiger partial charge on any atom is 0.224 e. The number of nitrogens with one attached hydrogen (secondary N) is 2. The first-order valence-electron chi connectivity index (χ1n) is 9.49. The maximum atomic E-state index is 12.2. The topological polar surface area (TPSA) is 76.2 Å². The second-order valence-electron chi connectivity index (χ2n) is 7.08. The van der Waals surface area contributed by atoms with Gasteiger partial charge in [0.2, 0.25) is 5.91 Å². The maximum absolute atomic E-state index is 12.2. The molecule has 0 aliphatic heterocycles. The average Bonchev–Trinajstić information content (AvgIpc) is 3.22. The number of ether oxygens (including phenoxy) is 2. The zero-order valence-electron chi connectivity index (χ0n) is 17.0. The lowest BCUT2D eigenvalue weighted by Gasteiger charge is -2.16. The summed E-state index contributed by atoms with van der Waals surface area (Å²) in [5.41, 5.74) is 2.49. The van der Waals surface area contributed by atoms with E-state index in [9.17, 15) is 4.79 Å². The average molecular weight is 448 g/mol. The van der Waals surface area contributed by atoms with E-state index in [1.54, 1.807) is 37.7 Å². The minimum atomic E-state index is -0.145. The second-order valence-corrected chi connectivity index (χ2v) is 7.90. The highest BCUT2D eigenvalue weighted by Crippen LogP contribution is 2.40. The third kappa shape index (κ3) is 5.46.